The number of hydrogen-bond donors (Lipinski definition) is 0. The first-order chi connectivity index (χ1) is 6.95. The van der Waals surface area contributed by atoms with Crippen LogP contribution in [0.4, 0.5) is 19.0 Å². The Morgan fingerprint density at radius 2 is 2.07 bits per heavy atom. The Bertz CT molecular complexity index is 310. The van der Waals surface area contributed by atoms with E-state index in [9.17, 15) is 13.2 Å². The Labute approximate surface area is 90.7 Å². The fraction of sp³-hybridized carbons (Fsp3) is 0.444. The van der Waals surface area contributed by atoms with Gasteiger partial charge < -0.3 is 4.90 Å². The molecule has 0 aliphatic rings. The molecule has 0 spiro atoms. The number of rotatable bonds is 3. The second-order valence-electron chi connectivity index (χ2n) is 3.01. The van der Waals surface area contributed by atoms with Crippen LogP contribution in [-0.2, 0) is 6.18 Å². The quantitative estimate of drug-likeness (QED) is 0.753. The molecule has 84 valence electrons. The van der Waals surface area contributed by atoms with Crippen molar-refractivity contribution in [2.24, 2.45) is 0 Å². The minimum absolute atomic E-state index is 0.402. The van der Waals surface area contributed by atoms with Gasteiger partial charge in [0.25, 0.3) is 0 Å². The monoisotopic (exact) mass is 238 g/mol. The molecule has 0 aliphatic heterocycles. The predicted molar refractivity (Wildman–Crippen MR) is 53.2 cm³/mol. The fourth-order valence-corrected chi connectivity index (χ4v) is 1.27. The molecule has 0 aromatic carbocycles. The zero-order chi connectivity index (χ0) is 11.5. The van der Waals surface area contributed by atoms with Crippen molar-refractivity contribution in [1.82, 2.24) is 4.98 Å². The maximum atomic E-state index is 12.2. The van der Waals surface area contributed by atoms with E-state index in [1.165, 1.54) is 6.07 Å². The van der Waals surface area contributed by atoms with Gasteiger partial charge in [-0.05, 0) is 12.1 Å². The van der Waals surface area contributed by atoms with Crippen LogP contribution in [-0.4, -0.2) is 24.5 Å². The average Bonchev–Trinajstić information content (AvgIpc) is 2.17. The van der Waals surface area contributed by atoms with Crippen molar-refractivity contribution < 1.29 is 13.2 Å². The highest BCUT2D eigenvalue weighted by atomic mass is 35.5. The average molecular weight is 239 g/mol. The van der Waals surface area contributed by atoms with E-state index in [4.69, 9.17) is 11.6 Å². The van der Waals surface area contributed by atoms with E-state index in [1.807, 2.05) is 0 Å². The molecule has 0 saturated carbocycles. The molecule has 1 aromatic rings. The van der Waals surface area contributed by atoms with E-state index < -0.39 is 11.7 Å². The van der Waals surface area contributed by atoms with Gasteiger partial charge in [-0.15, -0.1) is 11.6 Å². The molecule has 0 unspecified atom stereocenters. The highest BCUT2D eigenvalue weighted by Gasteiger charge is 2.30. The number of aromatic nitrogens is 1. The molecule has 0 bridgehead atoms. The van der Waals surface area contributed by atoms with Crippen LogP contribution in [0, 0.1) is 0 Å². The maximum absolute atomic E-state index is 12.2. The van der Waals surface area contributed by atoms with Gasteiger partial charge in [0.2, 0.25) is 0 Å². The van der Waals surface area contributed by atoms with Gasteiger partial charge in [0.15, 0.2) is 0 Å². The highest BCUT2D eigenvalue weighted by molar-refractivity contribution is 6.18. The molecule has 15 heavy (non-hydrogen) atoms. The number of anilines is 1. The summed E-state index contributed by atoms with van der Waals surface area (Å²) < 4.78 is 36.6. The van der Waals surface area contributed by atoms with Crippen molar-refractivity contribution in [3.8, 4) is 0 Å². The SMILES string of the molecule is CN(CCCl)c1ccc(C(F)(F)F)cn1. The van der Waals surface area contributed by atoms with Crippen molar-refractivity contribution in [2.75, 3.05) is 24.4 Å². The van der Waals surface area contributed by atoms with Gasteiger partial charge in [0.1, 0.15) is 5.82 Å². The molecule has 0 saturated heterocycles. The lowest BCUT2D eigenvalue weighted by molar-refractivity contribution is -0.137. The molecule has 0 atom stereocenters. The van der Waals surface area contributed by atoms with Crippen LogP contribution in [0.5, 0.6) is 0 Å². The number of nitrogens with zero attached hydrogens (tertiary/aromatic N) is 2. The number of hydrogen-bond acceptors (Lipinski definition) is 2. The number of halogens is 4. The van der Waals surface area contributed by atoms with E-state index in [2.05, 4.69) is 4.98 Å². The van der Waals surface area contributed by atoms with Crippen LogP contribution in [0.25, 0.3) is 0 Å². The molecule has 1 aromatic heterocycles. The number of pyridine rings is 1. The standard InChI is InChI=1S/C9H10ClF3N2/c1-15(5-4-10)8-3-2-7(6-14-8)9(11,12)13/h2-3,6H,4-5H2,1H3. The van der Waals surface area contributed by atoms with Crippen LogP contribution in [0.3, 0.4) is 0 Å². The Balaban J connectivity index is 2.81. The Morgan fingerprint density at radius 1 is 1.40 bits per heavy atom. The third-order valence-corrected chi connectivity index (χ3v) is 2.06. The largest absolute Gasteiger partial charge is 0.417 e. The van der Waals surface area contributed by atoms with Crippen LogP contribution < -0.4 is 4.90 Å². The Hall–Kier alpha value is -0.970. The van der Waals surface area contributed by atoms with Crippen molar-refractivity contribution in [1.29, 1.82) is 0 Å². The van der Waals surface area contributed by atoms with Gasteiger partial charge in [-0.1, -0.05) is 0 Å². The molecule has 0 N–H and O–H groups in total. The fourth-order valence-electron chi connectivity index (χ4n) is 1.02. The highest BCUT2D eigenvalue weighted by Crippen LogP contribution is 2.29. The van der Waals surface area contributed by atoms with Gasteiger partial charge in [0, 0.05) is 25.7 Å². The molecule has 6 heteroatoms. The first-order valence-corrected chi connectivity index (χ1v) is 4.79. The first-order valence-electron chi connectivity index (χ1n) is 4.25. The van der Waals surface area contributed by atoms with E-state index in [1.54, 1.807) is 11.9 Å². The van der Waals surface area contributed by atoms with E-state index in [0.29, 0.717) is 18.2 Å². The summed E-state index contributed by atoms with van der Waals surface area (Å²) in [6.45, 7) is 0.542. The minimum atomic E-state index is -4.34. The Morgan fingerprint density at radius 3 is 2.47 bits per heavy atom. The van der Waals surface area contributed by atoms with E-state index in [0.717, 1.165) is 12.3 Å². The van der Waals surface area contributed by atoms with Crippen molar-refractivity contribution in [3.63, 3.8) is 0 Å². The molecule has 0 fully saturated rings. The van der Waals surface area contributed by atoms with Crippen LogP contribution in [0.15, 0.2) is 18.3 Å². The summed E-state index contributed by atoms with van der Waals surface area (Å²) in [4.78, 5) is 5.40. The maximum Gasteiger partial charge on any atom is 0.417 e. The first kappa shape index (κ1) is 12.1. The molecule has 2 nitrogen and oxygen atoms in total. The lowest BCUT2D eigenvalue weighted by atomic mass is 10.3. The van der Waals surface area contributed by atoms with E-state index >= 15 is 0 Å². The molecular weight excluding hydrogens is 229 g/mol. The summed E-state index contributed by atoms with van der Waals surface area (Å²) in [5.41, 5.74) is -0.745. The zero-order valence-corrected chi connectivity index (χ0v) is 8.81. The smallest absolute Gasteiger partial charge is 0.358 e. The molecular formula is C9H10ClF3N2. The van der Waals surface area contributed by atoms with Gasteiger partial charge in [0.05, 0.1) is 5.56 Å². The third kappa shape index (κ3) is 3.27. The zero-order valence-electron chi connectivity index (χ0n) is 8.05. The second kappa shape index (κ2) is 4.70. The van der Waals surface area contributed by atoms with E-state index in [-0.39, 0.29) is 0 Å². The summed E-state index contributed by atoms with van der Waals surface area (Å²) in [5, 5.41) is 0. The molecule has 0 amide bonds. The molecule has 0 aliphatic carbocycles. The van der Waals surface area contributed by atoms with Crippen LogP contribution in [0.1, 0.15) is 5.56 Å². The van der Waals surface area contributed by atoms with Crippen molar-refractivity contribution in [2.45, 2.75) is 6.18 Å². The summed E-state index contributed by atoms with van der Waals surface area (Å²) in [6, 6.07) is 2.34. The van der Waals surface area contributed by atoms with Crippen molar-refractivity contribution in [3.05, 3.63) is 23.9 Å². The Kier molecular flexibility index (Phi) is 3.79. The normalized spacial score (nSPS) is 11.5. The predicted octanol–water partition coefficient (Wildman–Crippen LogP) is 2.78. The molecule has 1 heterocycles. The summed E-state index contributed by atoms with van der Waals surface area (Å²) in [6.07, 6.45) is -3.52. The second-order valence-corrected chi connectivity index (χ2v) is 3.39. The summed E-state index contributed by atoms with van der Waals surface area (Å²) in [7, 11) is 1.72. The van der Waals surface area contributed by atoms with Gasteiger partial charge in [-0.25, -0.2) is 4.98 Å². The van der Waals surface area contributed by atoms with Crippen molar-refractivity contribution >= 4 is 17.4 Å². The molecule has 0 radical (unpaired) electrons. The van der Waals surface area contributed by atoms with Gasteiger partial charge >= 0.3 is 6.18 Å². The van der Waals surface area contributed by atoms with Gasteiger partial charge in [-0.2, -0.15) is 13.2 Å². The minimum Gasteiger partial charge on any atom is -0.358 e. The molecule has 1 rings (SSSR count). The van der Waals surface area contributed by atoms with Crippen LogP contribution >= 0.6 is 11.6 Å². The van der Waals surface area contributed by atoms with Gasteiger partial charge in [-0.3, -0.25) is 0 Å². The lowest BCUT2D eigenvalue weighted by Gasteiger charge is -2.16. The summed E-state index contributed by atoms with van der Waals surface area (Å²) >= 11 is 5.50. The summed E-state index contributed by atoms with van der Waals surface area (Å²) in [5.74, 6) is 0.878. The third-order valence-electron chi connectivity index (χ3n) is 1.89. The lowest BCUT2D eigenvalue weighted by Crippen LogP contribution is -2.20. The topological polar surface area (TPSA) is 16.1 Å². The van der Waals surface area contributed by atoms with Crippen LogP contribution in [0.2, 0.25) is 0 Å². The number of alkyl halides is 4.